The Morgan fingerprint density at radius 1 is 1.42 bits per heavy atom. The van der Waals surface area contributed by atoms with Crippen LogP contribution in [0.1, 0.15) is 25.3 Å². The molecule has 0 saturated carbocycles. The Bertz CT molecular complexity index is 402. The first-order valence-corrected chi connectivity index (χ1v) is 6.88. The van der Waals surface area contributed by atoms with Crippen LogP contribution in [0.4, 0.5) is 0 Å². The smallest absolute Gasteiger partial charge is 0.162 e. The van der Waals surface area contributed by atoms with E-state index in [9.17, 15) is 5.11 Å². The number of methoxy groups -OCH3 is 1. The van der Waals surface area contributed by atoms with Crippen LogP contribution >= 0.6 is 0 Å². The van der Waals surface area contributed by atoms with Crippen LogP contribution in [0.25, 0.3) is 0 Å². The van der Waals surface area contributed by atoms with Crippen LogP contribution in [0, 0.1) is 5.92 Å². The normalized spacial score (nSPS) is 18.2. The van der Waals surface area contributed by atoms with Crippen LogP contribution in [0.15, 0.2) is 18.2 Å². The zero-order valence-corrected chi connectivity index (χ0v) is 11.7. The number of aromatic hydroxyl groups is 1. The highest BCUT2D eigenvalue weighted by atomic mass is 16.5. The number of nitrogens with one attached hydrogen (secondary N) is 1. The van der Waals surface area contributed by atoms with Crippen LogP contribution in [0.3, 0.4) is 0 Å². The third-order valence-corrected chi connectivity index (χ3v) is 3.89. The van der Waals surface area contributed by atoms with Gasteiger partial charge in [-0.3, -0.25) is 0 Å². The molecule has 4 nitrogen and oxygen atoms in total. The third kappa shape index (κ3) is 3.61. The number of benzene rings is 1. The van der Waals surface area contributed by atoms with Crippen LogP contribution in [-0.2, 0) is 11.3 Å². The summed E-state index contributed by atoms with van der Waals surface area (Å²) in [5, 5.41) is 13.5. The molecule has 0 aromatic heterocycles. The molecule has 1 aliphatic heterocycles. The molecule has 0 radical (unpaired) electrons. The first kappa shape index (κ1) is 14.2. The van der Waals surface area contributed by atoms with Gasteiger partial charge in [-0.15, -0.1) is 0 Å². The Morgan fingerprint density at radius 2 is 2.16 bits per heavy atom. The van der Waals surface area contributed by atoms with E-state index < -0.39 is 0 Å². The predicted octanol–water partition coefficient (Wildman–Crippen LogP) is 2.31. The summed E-state index contributed by atoms with van der Waals surface area (Å²) in [7, 11) is 1.57. The molecular weight excluding hydrogens is 242 g/mol. The van der Waals surface area contributed by atoms with Crippen LogP contribution in [0.2, 0.25) is 0 Å². The molecule has 0 aliphatic carbocycles. The first-order chi connectivity index (χ1) is 9.22. The molecule has 106 valence electrons. The van der Waals surface area contributed by atoms with E-state index in [0.29, 0.717) is 24.3 Å². The lowest BCUT2D eigenvalue weighted by Crippen LogP contribution is -2.36. The van der Waals surface area contributed by atoms with Gasteiger partial charge in [0.15, 0.2) is 11.5 Å². The maximum atomic E-state index is 10.0. The van der Waals surface area contributed by atoms with E-state index in [1.807, 2.05) is 12.1 Å². The molecule has 0 spiro atoms. The standard InChI is InChI=1S/C15H23NO3/c1-11(12-6-8-19-9-7-12)16-10-13-4-3-5-14(18-2)15(13)17/h3-5,11-12,16-17H,6-10H2,1-2H3. The highest BCUT2D eigenvalue weighted by Crippen LogP contribution is 2.29. The fourth-order valence-corrected chi connectivity index (χ4v) is 2.53. The highest BCUT2D eigenvalue weighted by molar-refractivity contribution is 5.45. The molecule has 1 atom stereocenters. The van der Waals surface area contributed by atoms with E-state index >= 15 is 0 Å². The lowest BCUT2D eigenvalue weighted by atomic mass is 9.93. The summed E-state index contributed by atoms with van der Waals surface area (Å²) in [5.74, 6) is 1.41. The van der Waals surface area contributed by atoms with Crippen LogP contribution < -0.4 is 10.1 Å². The number of phenols is 1. The van der Waals surface area contributed by atoms with Gasteiger partial charge < -0.3 is 19.9 Å². The van der Waals surface area contributed by atoms with Crippen molar-refractivity contribution in [2.24, 2.45) is 5.92 Å². The van der Waals surface area contributed by atoms with Gasteiger partial charge in [-0.05, 0) is 31.7 Å². The highest BCUT2D eigenvalue weighted by Gasteiger charge is 2.20. The Balaban J connectivity index is 1.91. The Kier molecular flexibility index (Phi) is 5.05. The predicted molar refractivity (Wildman–Crippen MR) is 74.5 cm³/mol. The van der Waals surface area contributed by atoms with Crippen molar-refractivity contribution in [3.63, 3.8) is 0 Å². The van der Waals surface area contributed by atoms with Crippen molar-refractivity contribution in [1.29, 1.82) is 0 Å². The van der Waals surface area contributed by atoms with Gasteiger partial charge in [0.2, 0.25) is 0 Å². The minimum atomic E-state index is 0.233. The summed E-state index contributed by atoms with van der Waals surface area (Å²) in [6.07, 6.45) is 2.22. The minimum Gasteiger partial charge on any atom is -0.504 e. The summed E-state index contributed by atoms with van der Waals surface area (Å²) in [4.78, 5) is 0. The molecule has 1 aromatic carbocycles. The van der Waals surface area contributed by atoms with Gasteiger partial charge in [-0.2, -0.15) is 0 Å². The largest absolute Gasteiger partial charge is 0.504 e. The molecule has 2 N–H and O–H groups in total. The molecule has 19 heavy (non-hydrogen) atoms. The van der Waals surface area contributed by atoms with Gasteiger partial charge in [0.25, 0.3) is 0 Å². The average Bonchev–Trinajstić information content (AvgIpc) is 2.47. The third-order valence-electron chi connectivity index (χ3n) is 3.89. The van der Waals surface area contributed by atoms with Gasteiger partial charge in [0.1, 0.15) is 0 Å². The van der Waals surface area contributed by atoms with Gasteiger partial charge in [-0.25, -0.2) is 0 Å². The molecule has 1 unspecified atom stereocenters. The molecule has 1 aliphatic rings. The summed E-state index contributed by atoms with van der Waals surface area (Å²) >= 11 is 0. The summed E-state index contributed by atoms with van der Waals surface area (Å²) < 4.78 is 10.5. The lowest BCUT2D eigenvalue weighted by Gasteiger charge is -2.28. The van der Waals surface area contributed by atoms with Crippen molar-refractivity contribution in [2.75, 3.05) is 20.3 Å². The molecule has 2 rings (SSSR count). The molecular formula is C15H23NO3. The van der Waals surface area contributed by atoms with Crippen molar-refractivity contribution in [2.45, 2.75) is 32.4 Å². The second-order valence-corrected chi connectivity index (χ2v) is 5.09. The SMILES string of the molecule is COc1cccc(CNC(C)C2CCOCC2)c1O. The lowest BCUT2D eigenvalue weighted by molar-refractivity contribution is 0.0557. The Hall–Kier alpha value is -1.26. The van der Waals surface area contributed by atoms with E-state index in [0.717, 1.165) is 31.6 Å². The second-order valence-electron chi connectivity index (χ2n) is 5.09. The molecule has 0 amide bonds. The maximum absolute atomic E-state index is 10.0. The Morgan fingerprint density at radius 3 is 2.84 bits per heavy atom. The summed E-state index contributed by atoms with van der Waals surface area (Å²) in [6, 6.07) is 6.01. The van der Waals surface area contributed by atoms with Gasteiger partial charge in [0.05, 0.1) is 7.11 Å². The molecule has 1 fully saturated rings. The number of para-hydroxylation sites is 1. The summed E-state index contributed by atoms with van der Waals surface area (Å²) in [6.45, 7) is 4.58. The molecule has 0 bridgehead atoms. The van der Waals surface area contributed by atoms with Crippen LogP contribution in [-0.4, -0.2) is 31.5 Å². The monoisotopic (exact) mass is 265 g/mol. The number of ether oxygens (including phenoxy) is 2. The summed E-state index contributed by atoms with van der Waals surface area (Å²) in [5.41, 5.74) is 0.873. The zero-order valence-electron chi connectivity index (χ0n) is 11.7. The van der Waals surface area contributed by atoms with Crippen molar-refractivity contribution in [1.82, 2.24) is 5.32 Å². The van der Waals surface area contributed by atoms with Crippen molar-refractivity contribution < 1.29 is 14.6 Å². The number of hydrogen-bond donors (Lipinski definition) is 2. The molecule has 1 heterocycles. The van der Waals surface area contributed by atoms with E-state index in [4.69, 9.17) is 9.47 Å². The number of hydrogen-bond acceptors (Lipinski definition) is 4. The van der Waals surface area contributed by atoms with Gasteiger partial charge >= 0.3 is 0 Å². The minimum absolute atomic E-state index is 0.233. The molecule has 1 saturated heterocycles. The second kappa shape index (κ2) is 6.78. The van der Waals surface area contributed by atoms with Crippen LogP contribution in [0.5, 0.6) is 11.5 Å². The van der Waals surface area contributed by atoms with E-state index in [-0.39, 0.29) is 5.75 Å². The molecule has 4 heteroatoms. The number of phenolic OH excluding ortho intramolecular Hbond substituents is 1. The zero-order chi connectivity index (χ0) is 13.7. The van der Waals surface area contributed by atoms with E-state index in [2.05, 4.69) is 12.2 Å². The first-order valence-electron chi connectivity index (χ1n) is 6.88. The van der Waals surface area contributed by atoms with E-state index in [1.165, 1.54) is 0 Å². The van der Waals surface area contributed by atoms with E-state index in [1.54, 1.807) is 13.2 Å². The quantitative estimate of drug-likeness (QED) is 0.857. The molecule has 1 aromatic rings. The average molecular weight is 265 g/mol. The van der Waals surface area contributed by atoms with Crippen molar-refractivity contribution in [3.8, 4) is 11.5 Å². The fraction of sp³-hybridized carbons (Fsp3) is 0.600. The topological polar surface area (TPSA) is 50.7 Å². The van der Waals surface area contributed by atoms with Crippen molar-refractivity contribution >= 4 is 0 Å². The number of rotatable bonds is 5. The van der Waals surface area contributed by atoms with Crippen molar-refractivity contribution in [3.05, 3.63) is 23.8 Å². The van der Waals surface area contributed by atoms with Gasteiger partial charge in [0, 0.05) is 31.4 Å². The fourth-order valence-electron chi connectivity index (χ4n) is 2.53. The Labute approximate surface area is 114 Å². The maximum Gasteiger partial charge on any atom is 0.162 e. The van der Waals surface area contributed by atoms with Gasteiger partial charge in [-0.1, -0.05) is 12.1 Å².